The third kappa shape index (κ3) is 4.40. The molecule has 1 amide bonds. The Labute approximate surface area is 148 Å². The van der Waals surface area contributed by atoms with Gasteiger partial charge in [-0.1, -0.05) is 13.3 Å². The Hall–Kier alpha value is -1.88. The maximum absolute atomic E-state index is 13.6. The molecule has 2 N–H and O–H groups in total. The number of rotatable bonds is 6. The van der Waals surface area contributed by atoms with E-state index in [1.165, 1.54) is 31.4 Å². The third-order valence-corrected chi connectivity index (χ3v) is 5.20. The minimum Gasteiger partial charge on any atom is -0.358 e. The van der Waals surface area contributed by atoms with E-state index in [2.05, 4.69) is 22.1 Å². The van der Waals surface area contributed by atoms with Crippen LogP contribution in [0.15, 0.2) is 18.2 Å². The molecule has 1 saturated heterocycles. The molecule has 5 heteroatoms. The molecule has 0 radical (unpaired) electrons. The molecule has 1 fully saturated rings. The van der Waals surface area contributed by atoms with Crippen LogP contribution in [0.4, 0.5) is 4.39 Å². The quantitative estimate of drug-likeness (QED) is 0.841. The first-order valence-electron chi connectivity index (χ1n) is 9.35. The van der Waals surface area contributed by atoms with Gasteiger partial charge >= 0.3 is 0 Å². The Morgan fingerprint density at radius 3 is 2.80 bits per heavy atom. The molecule has 4 nitrogen and oxygen atoms in total. The van der Waals surface area contributed by atoms with Gasteiger partial charge in [-0.2, -0.15) is 0 Å². The van der Waals surface area contributed by atoms with Crippen molar-refractivity contribution in [2.75, 3.05) is 19.6 Å². The molecule has 3 rings (SSSR count). The van der Waals surface area contributed by atoms with E-state index >= 15 is 0 Å². The molecule has 1 aliphatic heterocycles. The fraction of sp³-hybridized carbons (Fsp3) is 0.550. The monoisotopic (exact) mass is 345 g/mol. The van der Waals surface area contributed by atoms with Gasteiger partial charge in [-0.3, -0.25) is 4.79 Å². The highest BCUT2D eigenvalue weighted by molar-refractivity contribution is 5.90. The van der Waals surface area contributed by atoms with E-state index in [0.717, 1.165) is 48.2 Å². The predicted molar refractivity (Wildman–Crippen MR) is 99.2 cm³/mol. The SMILES string of the molecule is CC[C@H](CN1CCCCC1)NC(=O)Cc1c(C)[nH]c2ccc(F)cc12. The first-order valence-corrected chi connectivity index (χ1v) is 9.35. The Bertz CT molecular complexity index is 734. The van der Waals surface area contributed by atoms with Crippen LogP contribution >= 0.6 is 0 Å². The molecule has 1 aromatic heterocycles. The minimum atomic E-state index is -0.273. The zero-order valence-electron chi connectivity index (χ0n) is 15.2. The van der Waals surface area contributed by atoms with Gasteiger partial charge in [0.1, 0.15) is 5.82 Å². The van der Waals surface area contributed by atoms with Gasteiger partial charge in [0.2, 0.25) is 5.91 Å². The summed E-state index contributed by atoms with van der Waals surface area (Å²) < 4.78 is 13.6. The minimum absolute atomic E-state index is 0.0112. The molecule has 0 unspecified atom stereocenters. The molecule has 1 aromatic carbocycles. The number of H-pyrrole nitrogens is 1. The summed E-state index contributed by atoms with van der Waals surface area (Å²) in [7, 11) is 0. The standard InChI is InChI=1S/C20H28FN3O/c1-3-16(13-24-9-5-4-6-10-24)23-20(25)12-17-14(2)22-19-8-7-15(21)11-18(17)19/h7-8,11,16,22H,3-6,9-10,12-13H2,1-2H3,(H,23,25)/t16-/m1/s1. The molecule has 1 aliphatic rings. The maximum atomic E-state index is 13.6. The average Bonchev–Trinajstić information content (AvgIpc) is 2.90. The summed E-state index contributed by atoms with van der Waals surface area (Å²) in [6, 6.07) is 4.85. The number of nitrogens with one attached hydrogen (secondary N) is 2. The predicted octanol–water partition coefficient (Wildman–Crippen LogP) is 3.54. The number of fused-ring (bicyclic) bond motifs is 1. The van der Waals surface area contributed by atoms with Crippen molar-refractivity contribution in [1.82, 2.24) is 15.2 Å². The zero-order chi connectivity index (χ0) is 17.8. The van der Waals surface area contributed by atoms with Crippen molar-refractivity contribution in [1.29, 1.82) is 0 Å². The van der Waals surface area contributed by atoms with Crippen LogP contribution in [0.5, 0.6) is 0 Å². The maximum Gasteiger partial charge on any atom is 0.224 e. The molecular weight excluding hydrogens is 317 g/mol. The van der Waals surface area contributed by atoms with Crippen molar-refractivity contribution in [3.05, 3.63) is 35.3 Å². The second kappa shape index (κ2) is 8.00. The molecule has 0 spiro atoms. The largest absolute Gasteiger partial charge is 0.358 e. The molecule has 1 atom stereocenters. The third-order valence-electron chi connectivity index (χ3n) is 5.20. The first kappa shape index (κ1) is 17.9. The van der Waals surface area contributed by atoms with Crippen molar-refractivity contribution < 1.29 is 9.18 Å². The van der Waals surface area contributed by atoms with Crippen LogP contribution in [-0.2, 0) is 11.2 Å². The number of aryl methyl sites for hydroxylation is 1. The Morgan fingerprint density at radius 2 is 2.08 bits per heavy atom. The zero-order valence-corrected chi connectivity index (χ0v) is 15.2. The lowest BCUT2D eigenvalue weighted by Gasteiger charge is -2.30. The Balaban J connectivity index is 1.65. The van der Waals surface area contributed by atoms with Gasteiger partial charge in [0, 0.05) is 29.2 Å². The number of carbonyl (C=O) groups excluding carboxylic acids is 1. The van der Waals surface area contributed by atoms with Gasteiger partial charge in [0.25, 0.3) is 0 Å². The summed E-state index contributed by atoms with van der Waals surface area (Å²) in [6.45, 7) is 7.23. The molecule has 0 saturated carbocycles. The van der Waals surface area contributed by atoms with Gasteiger partial charge in [0.05, 0.1) is 6.42 Å². The van der Waals surface area contributed by atoms with Crippen LogP contribution in [-0.4, -0.2) is 41.5 Å². The molecule has 2 aromatic rings. The summed E-state index contributed by atoms with van der Waals surface area (Å²) >= 11 is 0. The Kier molecular flexibility index (Phi) is 5.74. The number of hydrogen-bond donors (Lipinski definition) is 2. The van der Waals surface area contributed by atoms with Crippen molar-refractivity contribution in [3.8, 4) is 0 Å². The second-order valence-electron chi connectivity index (χ2n) is 7.13. The lowest BCUT2D eigenvalue weighted by Crippen LogP contribution is -2.45. The number of nitrogens with zero attached hydrogens (tertiary/aromatic N) is 1. The average molecular weight is 345 g/mol. The fourth-order valence-corrected chi connectivity index (χ4v) is 3.75. The van der Waals surface area contributed by atoms with Crippen molar-refractivity contribution in [3.63, 3.8) is 0 Å². The van der Waals surface area contributed by atoms with Crippen molar-refractivity contribution in [2.45, 2.75) is 52.0 Å². The van der Waals surface area contributed by atoms with Crippen LogP contribution < -0.4 is 5.32 Å². The Morgan fingerprint density at radius 1 is 1.32 bits per heavy atom. The van der Waals surface area contributed by atoms with Crippen LogP contribution in [0.3, 0.4) is 0 Å². The highest BCUT2D eigenvalue weighted by atomic mass is 19.1. The number of amides is 1. The lowest BCUT2D eigenvalue weighted by atomic mass is 10.1. The normalized spacial score (nSPS) is 16.9. The number of aromatic amines is 1. The van der Waals surface area contributed by atoms with Crippen LogP contribution in [0.2, 0.25) is 0 Å². The van der Waals surface area contributed by atoms with E-state index < -0.39 is 0 Å². The van der Waals surface area contributed by atoms with Crippen LogP contribution in [0.25, 0.3) is 10.9 Å². The lowest BCUT2D eigenvalue weighted by molar-refractivity contribution is -0.121. The van der Waals surface area contributed by atoms with Crippen molar-refractivity contribution in [2.24, 2.45) is 0 Å². The van der Waals surface area contributed by atoms with Gasteiger partial charge in [-0.25, -0.2) is 4.39 Å². The highest BCUT2D eigenvalue weighted by Crippen LogP contribution is 2.23. The number of hydrogen-bond acceptors (Lipinski definition) is 2. The summed E-state index contributed by atoms with van der Waals surface area (Å²) in [5, 5.41) is 3.97. The molecule has 25 heavy (non-hydrogen) atoms. The van der Waals surface area contributed by atoms with E-state index in [0.29, 0.717) is 0 Å². The van der Waals surface area contributed by atoms with Crippen LogP contribution in [0.1, 0.15) is 43.9 Å². The van der Waals surface area contributed by atoms with E-state index in [4.69, 9.17) is 0 Å². The van der Waals surface area contributed by atoms with Crippen LogP contribution in [0, 0.1) is 12.7 Å². The number of piperidine rings is 1. The van der Waals surface area contributed by atoms with Gasteiger partial charge in [0.15, 0.2) is 0 Å². The summed E-state index contributed by atoms with van der Waals surface area (Å²) in [4.78, 5) is 18.3. The molecule has 2 heterocycles. The van der Waals surface area contributed by atoms with Gasteiger partial charge < -0.3 is 15.2 Å². The molecule has 0 bridgehead atoms. The summed E-state index contributed by atoms with van der Waals surface area (Å²) in [5.41, 5.74) is 2.70. The summed E-state index contributed by atoms with van der Waals surface area (Å²) in [5.74, 6) is -0.262. The van der Waals surface area contributed by atoms with Gasteiger partial charge in [-0.15, -0.1) is 0 Å². The number of likely N-dealkylation sites (tertiary alicyclic amines) is 1. The number of carbonyl (C=O) groups is 1. The summed E-state index contributed by atoms with van der Waals surface area (Å²) in [6.07, 6.45) is 5.03. The smallest absolute Gasteiger partial charge is 0.224 e. The van der Waals surface area contributed by atoms with Crippen molar-refractivity contribution >= 4 is 16.8 Å². The molecule has 136 valence electrons. The first-order chi connectivity index (χ1) is 12.1. The second-order valence-corrected chi connectivity index (χ2v) is 7.13. The molecular formula is C20H28FN3O. The number of aromatic nitrogens is 1. The van der Waals surface area contributed by atoms with Gasteiger partial charge in [-0.05, 0) is 63.0 Å². The van der Waals surface area contributed by atoms with E-state index in [1.54, 1.807) is 6.07 Å². The highest BCUT2D eigenvalue weighted by Gasteiger charge is 2.19. The van der Waals surface area contributed by atoms with E-state index in [-0.39, 0.29) is 24.2 Å². The topological polar surface area (TPSA) is 48.1 Å². The number of benzene rings is 1. The molecule has 0 aliphatic carbocycles. The van der Waals surface area contributed by atoms with E-state index in [9.17, 15) is 9.18 Å². The fourth-order valence-electron chi connectivity index (χ4n) is 3.75. The number of halogens is 1. The van der Waals surface area contributed by atoms with E-state index in [1.807, 2.05) is 6.92 Å².